The van der Waals surface area contributed by atoms with Gasteiger partial charge in [-0.25, -0.2) is 4.39 Å². The number of amides is 1. The molecule has 0 saturated heterocycles. The van der Waals surface area contributed by atoms with Crippen molar-refractivity contribution in [3.8, 4) is 22.5 Å². The highest BCUT2D eigenvalue weighted by atomic mass is 19.4. The van der Waals surface area contributed by atoms with E-state index in [1.54, 1.807) is 43.3 Å². The van der Waals surface area contributed by atoms with Gasteiger partial charge in [0.2, 0.25) is 0 Å². The maximum atomic E-state index is 15.0. The van der Waals surface area contributed by atoms with Gasteiger partial charge in [-0.1, -0.05) is 30.3 Å². The van der Waals surface area contributed by atoms with Gasteiger partial charge in [0.1, 0.15) is 5.82 Å². The van der Waals surface area contributed by atoms with Gasteiger partial charge in [-0.2, -0.15) is 18.3 Å². The van der Waals surface area contributed by atoms with Crippen LogP contribution in [0, 0.1) is 5.82 Å². The van der Waals surface area contributed by atoms with Gasteiger partial charge in [-0.3, -0.25) is 19.3 Å². The minimum Gasteiger partial charge on any atom is -0.466 e. The summed E-state index contributed by atoms with van der Waals surface area (Å²) in [4.78, 5) is 30.0. The Morgan fingerprint density at radius 2 is 1.83 bits per heavy atom. The third-order valence-corrected chi connectivity index (χ3v) is 6.28. The minimum atomic E-state index is -4.88. The summed E-state index contributed by atoms with van der Waals surface area (Å²) < 4.78 is 62.6. The number of esters is 1. The average molecular weight is 570 g/mol. The highest BCUT2D eigenvalue weighted by Gasteiger charge is 2.36. The molecule has 2 heterocycles. The van der Waals surface area contributed by atoms with Crippen LogP contribution in [-0.2, 0) is 22.8 Å². The van der Waals surface area contributed by atoms with E-state index in [0.29, 0.717) is 23.0 Å². The molecule has 1 unspecified atom stereocenters. The Morgan fingerprint density at radius 1 is 1.10 bits per heavy atom. The second-order valence-corrected chi connectivity index (χ2v) is 9.14. The van der Waals surface area contributed by atoms with Crippen molar-refractivity contribution in [2.45, 2.75) is 25.4 Å². The normalized spacial score (nSPS) is 12.2. The van der Waals surface area contributed by atoms with E-state index in [-0.39, 0.29) is 31.0 Å². The van der Waals surface area contributed by atoms with Crippen molar-refractivity contribution in [2.75, 3.05) is 18.5 Å². The first-order valence-corrected chi connectivity index (χ1v) is 12.7. The van der Waals surface area contributed by atoms with Crippen LogP contribution >= 0.6 is 0 Å². The molecule has 0 spiro atoms. The number of benzene rings is 2. The number of anilines is 1. The largest absolute Gasteiger partial charge is 0.466 e. The van der Waals surface area contributed by atoms with Crippen molar-refractivity contribution < 1.29 is 31.9 Å². The standard InChI is InChI=1S/C29H27F4N5O3/c1-3-41-26(39)13-18(16-34)23-9-10-25(27(35-23)17-7-5-4-6-8-17)36-28(40)20-14-19(24-11-12-38(2)37-24)21(15-22(20)30)29(31,32)33/h4-12,14-15,18H,3,13,16,34H2,1-2H3,(H,36,40). The molecule has 8 nitrogen and oxygen atoms in total. The predicted molar refractivity (Wildman–Crippen MR) is 144 cm³/mol. The molecule has 1 amide bonds. The Labute approximate surface area is 233 Å². The maximum absolute atomic E-state index is 15.0. The van der Waals surface area contributed by atoms with Crippen LogP contribution in [0.25, 0.3) is 22.5 Å². The zero-order valence-corrected chi connectivity index (χ0v) is 22.2. The van der Waals surface area contributed by atoms with Crippen LogP contribution in [-0.4, -0.2) is 39.8 Å². The van der Waals surface area contributed by atoms with E-state index in [4.69, 9.17) is 10.5 Å². The molecule has 0 radical (unpaired) electrons. The van der Waals surface area contributed by atoms with E-state index in [2.05, 4.69) is 15.4 Å². The molecule has 0 aliphatic carbocycles. The summed E-state index contributed by atoms with van der Waals surface area (Å²) in [5.41, 5.74) is 5.08. The van der Waals surface area contributed by atoms with E-state index in [9.17, 15) is 27.2 Å². The van der Waals surface area contributed by atoms with E-state index in [1.165, 1.54) is 30.1 Å². The summed E-state index contributed by atoms with van der Waals surface area (Å²) in [7, 11) is 1.53. The number of halogens is 4. The number of hydrogen-bond donors (Lipinski definition) is 2. The number of alkyl halides is 3. The van der Waals surface area contributed by atoms with Gasteiger partial charge in [0.05, 0.1) is 41.2 Å². The SMILES string of the molecule is CCOC(=O)CC(CN)c1ccc(NC(=O)c2cc(-c3ccn(C)n3)c(C(F)(F)F)cc2F)c(-c2ccccc2)n1. The third-order valence-electron chi connectivity index (χ3n) is 6.28. The van der Waals surface area contributed by atoms with Crippen LogP contribution in [0.2, 0.25) is 0 Å². The molecule has 0 aliphatic heterocycles. The summed E-state index contributed by atoms with van der Waals surface area (Å²) in [6, 6.07) is 14.3. The Hall–Kier alpha value is -4.58. The number of nitrogens with zero attached hydrogens (tertiary/aromatic N) is 3. The minimum absolute atomic E-state index is 0.00958. The lowest BCUT2D eigenvalue weighted by Crippen LogP contribution is -2.20. The summed E-state index contributed by atoms with van der Waals surface area (Å²) in [6.45, 7) is 2.00. The summed E-state index contributed by atoms with van der Waals surface area (Å²) in [5, 5.41) is 6.58. The van der Waals surface area contributed by atoms with Crippen LogP contribution in [0.4, 0.5) is 23.2 Å². The van der Waals surface area contributed by atoms with E-state index >= 15 is 0 Å². The topological polar surface area (TPSA) is 112 Å². The van der Waals surface area contributed by atoms with Gasteiger partial charge in [-0.05, 0) is 37.3 Å². The van der Waals surface area contributed by atoms with Crippen molar-refractivity contribution in [1.29, 1.82) is 0 Å². The van der Waals surface area contributed by atoms with Gasteiger partial charge in [0.25, 0.3) is 5.91 Å². The number of aryl methyl sites for hydroxylation is 1. The number of nitrogens with two attached hydrogens (primary N) is 1. The molecule has 2 aromatic carbocycles. The van der Waals surface area contributed by atoms with E-state index in [0.717, 1.165) is 6.07 Å². The number of nitrogens with one attached hydrogen (secondary N) is 1. The molecular weight excluding hydrogens is 542 g/mol. The first kappa shape index (κ1) is 29.4. The fraction of sp³-hybridized carbons (Fsp3) is 0.241. The first-order valence-electron chi connectivity index (χ1n) is 12.7. The summed E-state index contributed by atoms with van der Waals surface area (Å²) in [6.07, 6.45) is -3.45. The Morgan fingerprint density at radius 3 is 2.44 bits per heavy atom. The zero-order chi connectivity index (χ0) is 29.7. The third kappa shape index (κ3) is 6.77. The van der Waals surface area contributed by atoms with Gasteiger partial charge >= 0.3 is 12.1 Å². The lowest BCUT2D eigenvalue weighted by Gasteiger charge is -2.18. The van der Waals surface area contributed by atoms with Crippen LogP contribution in [0.3, 0.4) is 0 Å². The van der Waals surface area contributed by atoms with Crippen molar-refractivity contribution in [3.05, 3.63) is 89.5 Å². The van der Waals surface area contributed by atoms with Crippen molar-refractivity contribution >= 4 is 17.6 Å². The van der Waals surface area contributed by atoms with Crippen molar-refractivity contribution in [1.82, 2.24) is 14.8 Å². The molecule has 0 saturated carbocycles. The van der Waals surface area contributed by atoms with Crippen molar-refractivity contribution in [2.24, 2.45) is 12.8 Å². The van der Waals surface area contributed by atoms with Gasteiger partial charge < -0.3 is 15.8 Å². The van der Waals surface area contributed by atoms with Gasteiger partial charge in [0.15, 0.2) is 0 Å². The van der Waals surface area contributed by atoms with Crippen molar-refractivity contribution in [3.63, 3.8) is 0 Å². The highest BCUT2D eigenvalue weighted by Crippen LogP contribution is 2.38. The highest BCUT2D eigenvalue weighted by molar-refractivity contribution is 6.07. The zero-order valence-electron chi connectivity index (χ0n) is 22.2. The smallest absolute Gasteiger partial charge is 0.417 e. The molecular formula is C29H27F4N5O3. The second-order valence-electron chi connectivity index (χ2n) is 9.14. The number of hydrogen-bond acceptors (Lipinski definition) is 6. The molecule has 41 heavy (non-hydrogen) atoms. The first-order chi connectivity index (χ1) is 19.5. The Bertz CT molecular complexity index is 1550. The molecule has 12 heteroatoms. The monoisotopic (exact) mass is 569 g/mol. The molecule has 4 rings (SSSR count). The Balaban J connectivity index is 1.75. The summed E-state index contributed by atoms with van der Waals surface area (Å²) in [5.74, 6) is -3.25. The molecule has 4 aromatic rings. The number of rotatable bonds is 9. The van der Waals surface area contributed by atoms with E-state index in [1.807, 2.05) is 0 Å². The van der Waals surface area contributed by atoms with Gasteiger partial charge in [-0.15, -0.1) is 0 Å². The fourth-order valence-corrected chi connectivity index (χ4v) is 4.29. The number of aromatic nitrogens is 3. The van der Waals surface area contributed by atoms with Crippen LogP contribution < -0.4 is 11.1 Å². The molecule has 2 aromatic heterocycles. The number of carbonyl (C=O) groups is 2. The number of pyridine rings is 1. The second kappa shape index (κ2) is 12.3. The molecule has 0 fully saturated rings. The molecule has 1 atom stereocenters. The van der Waals surface area contributed by atoms with Crippen LogP contribution in [0.1, 0.15) is 40.9 Å². The quantitative estimate of drug-likeness (QED) is 0.202. The van der Waals surface area contributed by atoms with Gasteiger partial charge in [0, 0.05) is 42.5 Å². The predicted octanol–water partition coefficient (Wildman–Crippen LogP) is 5.55. The fourth-order valence-electron chi connectivity index (χ4n) is 4.29. The summed E-state index contributed by atoms with van der Waals surface area (Å²) >= 11 is 0. The molecule has 3 N–H and O–H groups in total. The maximum Gasteiger partial charge on any atom is 0.417 e. The van der Waals surface area contributed by atoms with E-state index < -0.39 is 46.5 Å². The molecule has 214 valence electrons. The average Bonchev–Trinajstić information content (AvgIpc) is 3.38. The number of carbonyl (C=O) groups excluding carboxylic acids is 2. The molecule has 0 aliphatic rings. The lowest BCUT2D eigenvalue weighted by molar-refractivity contribution is -0.143. The van der Waals surface area contributed by atoms with Crippen LogP contribution in [0.15, 0.2) is 66.9 Å². The number of ether oxygens (including phenoxy) is 1. The molecule has 0 bridgehead atoms. The lowest BCUT2D eigenvalue weighted by atomic mass is 9.98. The van der Waals surface area contributed by atoms with Crippen LogP contribution in [0.5, 0.6) is 0 Å². The Kier molecular flexibility index (Phi) is 8.82.